The van der Waals surface area contributed by atoms with Crippen molar-refractivity contribution in [3.8, 4) is 0 Å². The van der Waals surface area contributed by atoms with Crippen molar-refractivity contribution in [3.63, 3.8) is 0 Å². The lowest BCUT2D eigenvalue weighted by atomic mass is 9.93. The van der Waals surface area contributed by atoms with Crippen LogP contribution in [0.1, 0.15) is 25.8 Å². The van der Waals surface area contributed by atoms with Crippen LogP contribution in [0.3, 0.4) is 0 Å². The largest absolute Gasteiger partial charge is 0.445 e. The van der Waals surface area contributed by atoms with Crippen LogP contribution in [-0.2, 0) is 6.18 Å². The van der Waals surface area contributed by atoms with Gasteiger partial charge in [-0.2, -0.15) is 13.2 Å². The predicted octanol–water partition coefficient (Wildman–Crippen LogP) is 2.09. The lowest BCUT2D eigenvalue weighted by Gasteiger charge is -2.27. The van der Waals surface area contributed by atoms with Crippen LogP contribution in [0.15, 0.2) is 0 Å². The SMILES string of the molecule is CC(C)C(C)(O)CNC(=O)Nc1nnc(C(F)(F)F)s1. The molecule has 2 amide bonds. The molecule has 1 aromatic rings. The summed E-state index contributed by atoms with van der Waals surface area (Å²) >= 11 is 0.226. The van der Waals surface area contributed by atoms with Gasteiger partial charge in [0.2, 0.25) is 10.1 Å². The number of aliphatic hydroxyl groups is 1. The van der Waals surface area contributed by atoms with Crippen LogP contribution in [0.5, 0.6) is 0 Å². The summed E-state index contributed by atoms with van der Waals surface area (Å²) in [6.07, 6.45) is -4.59. The molecular formula is C10H15F3N4O2S. The first-order valence-electron chi connectivity index (χ1n) is 5.70. The second kappa shape index (κ2) is 5.92. The molecule has 0 aliphatic heterocycles. The van der Waals surface area contributed by atoms with Crippen LogP contribution >= 0.6 is 11.3 Å². The van der Waals surface area contributed by atoms with Crippen molar-refractivity contribution < 1.29 is 23.1 Å². The van der Waals surface area contributed by atoms with Gasteiger partial charge in [-0.1, -0.05) is 25.2 Å². The zero-order valence-corrected chi connectivity index (χ0v) is 11.9. The minimum absolute atomic E-state index is 0.0402. The molecule has 20 heavy (non-hydrogen) atoms. The number of urea groups is 1. The molecular weight excluding hydrogens is 297 g/mol. The van der Waals surface area contributed by atoms with E-state index in [4.69, 9.17) is 0 Å². The average Bonchev–Trinajstić information content (AvgIpc) is 2.74. The molecule has 0 spiro atoms. The smallest absolute Gasteiger partial charge is 0.388 e. The van der Waals surface area contributed by atoms with Gasteiger partial charge in [-0.15, -0.1) is 10.2 Å². The van der Waals surface area contributed by atoms with Gasteiger partial charge < -0.3 is 10.4 Å². The molecule has 0 bridgehead atoms. The van der Waals surface area contributed by atoms with E-state index >= 15 is 0 Å². The summed E-state index contributed by atoms with van der Waals surface area (Å²) in [5, 5.41) is 19.1. The Morgan fingerprint density at radius 1 is 1.40 bits per heavy atom. The van der Waals surface area contributed by atoms with Gasteiger partial charge >= 0.3 is 12.2 Å². The van der Waals surface area contributed by atoms with Gasteiger partial charge in [-0.25, -0.2) is 4.79 Å². The number of halogens is 3. The van der Waals surface area contributed by atoms with Crippen molar-refractivity contribution in [3.05, 3.63) is 5.01 Å². The molecule has 1 rings (SSSR count). The van der Waals surface area contributed by atoms with Crippen molar-refractivity contribution in [2.45, 2.75) is 32.5 Å². The minimum atomic E-state index is -4.59. The molecule has 0 aliphatic carbocycles. The van der Waals surface area contributed by atoms with E-state index < -0.39 is 22.8 Å². The topological polar surface area (TPSA) is 87.1 Å². The Balaban J connectivity index is 2.53. The molecule has 6 nitrogen and oxygen atoms in total. The average molecular weight is 312 g/mol. The van der Waals surface area contributed by atoms with Crippen LogP contribution < -0.4 is 10.6 Å². The number of carbonyl (C=O) groups is 1. The molecule has 0 aromatic carbocycles. The van der Waals surface area contributed by atoms with Crippen LogP contribution in [0, 0.1) is 5.92 Å². The number of nitrogens with zero attached hydrogens (tertiary/aromatic N) is 2. The number of rotatable bonds is 4. The van der Waals surface area contributed by atoms with E-state index in [-0.39, 0.29) is 28.9 Å². The summed E-state index contributed by atoms with van der Waals surface area (Å²) in [7, 11) is 0. The first-order valence-corrected chi connectivity index (χ1v) is 6.52. The van der Waals surface area contributed by atoms with E-state index in [0.29, 0.717) is 0 Å². The summed E-state index contributed by atoms with van der Waals surface area (Å²) < 4.78 is 36.8. The van der Waals surface area contributed by atoms with Crippen molar-refractivity contribution in [1.82, 2.24) is 15.5 Å². The van der Waals surface area contributed by atoms with Gasteiger partial charge in [0.05, 0.1) is 5.60 Å². The number of anilines is 1. The van der Waals surface area contributed by atoms with E-state index in [2.05, 4.69) is 20.8 Å². The highest BCUT2D eigenvalue weighted by atomic mass is 32.1. The van der Waals surface area contributed by atoms with Crippen LogP contribution in [0.2, 0.25) is 0 Å². The van der Waals surface area contributed by atoms with E-state index in [1.165, 1.54) is 0 Å². The third-order valence-electron chi connectivity index (χ3n) is 2.74. The lowest BCUT2D eigenvalue weighted by molar-refractivity contribution is -0.138. The van der Waals surface area contributed by atoms with Gasteiger partial charge in [0.15, 0.2) is 0 Å². The number of nitrogens with one attached hydrogen (secondary N) is 2. The van der Waals surface area contributed by atoms with Crippen LogP contribution in [-0.4, -0.2) is 33.5 Å². The van der Waals surface area contributed by atoms with Gasteiger partial charge in [0, 0.05) is 6.54 Å². The fraction of sp³-hybridized carbons (Fsp3) is 0.700. The fourth-order valence-electron chi connectivity index (χ4n) is 0.993. The van der Waals surface area contributed by atoms with Gasteiger partial charge in [0.1, 0.15) is 0 Å². The van der Waals surface area contributed by atoms with Gasteiger partial charge in [0.25, 0.3) is 0 Å². The van der Waals surface area contributed by atoms with E-state index in [9.17, 15) is 23.1 Å². The standard InChI is InChI=1S/C10H15F3N4O2S/c1-5(2)9(3,19)4-14-7(18)15-8-17-16-6(20-8)10(11,12)13/h5,19H,4H2,1-3H3,(H2,14,15,17,18). The van der Waals surface area contributed by atoms with E-state index in [1.54, 1.807) is 20.8 Å². The van der Waals surface area contributed by atoms with E-state index in [1.807, 2.05) is 0 Å². The Morgan fingerprint density at radius 2 is 2.00 bits per heavy atom. The second-order valence-electron chi connectivity index (χ2n) is 4.73. The Hall–Kier alpha value is -1.42. The maximum atomic E-state index is 12.3. The highest BCUT2D eigenvalue weighted by molar-refractivity contribution is 7.15. The Bertz CT molecular complexity index is 473. The number of aromatic nitrogens is 2. The Morgan fingerprint density at radius 3 is 2.45 bits per heavy atom. The second-order valence-corrected chi connectivity index (χ2v) is 5.71. The first-order chi connectivity index (χ1) is 9.02. The summed E-state index contributed by atoms with van der Waals surface area (Å²) in [4.78, 5) is 11.5. The minimum Gasteiger partial charge on any atom is -0.388 e. The molecule has 1 atom stereocenters. The van der Waals surface area contributed by atoms with E-state index in [0.717, 1.165) is 0 Å². The molecule has 0 aliphatic rings. The maximum absolute atomic E-state index is 12.3. The highest BCUT2D eigenvalue weighted by Gasteiger charge is 2.35. The fourth-order valence-corrected chi connectivity index (χ4v) is 1.60. The monoisotopic (exact) mass is 312 g/mol. The number of carbonyl (C=O) groups excluding carboxylic acids is 1. The summed E-state index contributed by atoms with van der Waals surface area (Å²) in [5.74, 6) is -0.0961. The first kappa shape index (κ1) is 16.6. The predicted molar refractivity (Wildman–Crippen MR) is 67.4 cm³/mol. The van der Waals surface area contributed by atoms with Crippen molar-refractivity contribution in [2.24, 2.45) is 5.92 Å². The number of hydrogen-bond acceptors (Lipinski definition) is 5. The molecule has 0 radical (unpaired) electrons. The van der Waals surface area contributed by atoms with Crippen molar-refractivity contribution in [1.29, 1.82) is 0 Å². The molecule has 114 valence electrons. The van der Waals surface area contributed by atoms with Gasteiger partial charge in [-0.3, -0.25) is 5.32 Å². The molecule has 0 fully saturated rings. The number of hydrogen-bond donors (Lipinski definition) is 3. The zero-order valence-electron chi connectivity index (χ0n) is 11.1. The number of alkyl halides is 3. The quantitative estimate of drug-likeness (QED) is 0.794. The third kappa shape index (κ3) is 4.60. The Kier molecular flexibility index (Phi) is 4.92. The summed E-state index contributed by atoms with van der Waals surface area (Å²) in [5.41, 5.74) is -1.12. The molecule has 10 heteroatoms. The van der Waals surface area contributed by atoms with Crippen LogP contribution in [0.4, 0.5) is 23.1 Å². The molecule has 1 aromatic heterocycles. The molecule has 1 unspecified atom stereocenters. The zero-order chi connectivity index (χ0) is 15.6. The van der Waals surface area contributed by atoms with Crippen molar-refractivity contribution in [2.75, 3.05) is 11.9 Å². The third-order valence-corrected chi connectivity index (χ3v) is 3.62. The lowest BCUT2D eigenvalue weighted by Crippen LogP contribution is -2.45. The molecule has 3 N–H and O–H groups in total. The summed E-state index contributed by atoms with van der Waals surface area (Å²) in [6, 6.07) is -0.754. The molecule has 0 saturated heterocycles. The Labute approximate surface area is 117 Å². The molecule has 1 heterocycles. The highest BCUT2D eigenvalue weighted by Crippen LogP contribution is 2.32. The maximum Gasteiger partial charge on any atom is 0.445 e. The van der Waals surface area contributed by atoms with Crippen molar-refractivity contribution >= 4 is 22.5 Å². The molecule has 0 saturated carbocycles. The summed E-state index contributed by atoms with van der Waals surface area (Å²) in [6.45, 7) is 5.06. The normalized spacial score (nSPS) is 15.0. The van der Waals surface area contributed by atoms with Crippen LogP contribution in [0.25, 0.3) is 0 Å². The number of amides is 2. The van der Waals surface area contributed by atoms with Gasteiger partial charge in [-0.05, 0) is 12.8 Å².